The molecule has 0 bridgehead atoms. The minimum absolute atomic E-state index is 0.257. The van der Waals surface area contributed by atoms with Gasteiger partial charge in [-0.25, -0.2) is 0 Å². The molecule has 1 aromatic carbocycles. The van der Waals surface area contributed by atoms with Crippen LogP contribution in [0.4, 0.5) is 0 Å². The lowest BCUT2D eigenvalue weighted by Crippen LogP contribution is -1.92. The Morgan fingerprint density at radius 2 is 2.08 bits per heavy atom. The van der Waals surface area contributed by atoms with E-state index in [9.17, 15) is 0 Å². The van der Waals surface area contributed by atoms with Gasteiger partial charge in [0.05, 0.1) is 5.02 Å². The summed E-state index contributed by atoms with van der Waals surface area (Å²) in [6.07, 6.45) is 1.70. The van der Waals surface area contributed by atoms with Crippen LogP contribution < -0.4 is 9.47 Å². The molecule has 2 rings (SSSR count). The van der Waals surface area contributed by atoms with Crippen LogP contribution in [0.2, 0.25) is 5.02 Å². The Kier molecular flexibility index (Phi) is 2.01. The first-order chi connectivity index (χ1) is 6.31. The monoisotopic (exact) mass is 194 g/mol. The SMILES string of the molecule is C=C=Cc1cc2c(cc1Cl)OCO2. The van der Waals surface area contributed by atoms with Crippen molar-refractivity contribution in [1.29, 1.82) is 0 Å². The highest BCUT2D eigenvalue weighted by molar-refractivity contribution is 6.32. The maximum absolute atomic E-state index is 5.95. The highest BCUT2D eigenvalue weighted by Gasteiger charge is 2.15. The van der Waals surface area contributed by atoms with Crippen molar-refractivity contribution in [3.63, 3.8) is 0 Å². The van der Waals surface area contributed by atoms with Gasteiger partial charge >= 0.3 is 0 Å². The third-order valence-electron chi connectivity index (χ3n) is 1.75. The summed E-state index contributed by atoms with van der Waals surface area (Å²) in [5.41, 5.74) is 3.49. The lowest BCUT2D eigenvalue weighted by Gasteiger charge is -1.99. The third kappa shape index (κ3) is 1.42. The van der Waals surface area contributed by atoms with Gasteiger partial charge in [-0.05, 0) is 12.1 Å². The Hall–Kier alpha value is -1.37. The molecule has 0 fully saturated rings. The van der Waals surface area contributed by atoms with Gasteiger partial charge in [0.15, 0.2) is 11.5 Å². The maximum atomic E-state index is 5.95. The van der Waals surface area contributed by atoms with Crippen LogP contribution in [0, 0.1) is 0 Å². The summed E-state index contributed by atoms with van der Waals surface area (Å²) in [5.74, 6) is 1.40. The number of hydrogen-bond acceptors (Lipinski definition) is 2. The number of halogens is 1. The van der Waals surface area contributed by atoms with Gasteiger partial charge in [0.2, 0.25) is 6.79 Å². The van der Waals surface area contributed by atoms with Gasteiger partial charge in [0.1, 0.15) is 0 Å². The van der Waals surface area contributed by atoms with Crippen molar-refractivity contribution in [2.75, 3.05) is 6.79 Å². The Labute approximate surface area is 81.0 Å². The van der Waals surface area contributed by atoms with E-state index >= 15 is 0 Å². The van der Waals surface area contributed by atoms with Crippen LogP contribution in [-0.2, 0) is 0 Å². The van der Waals surface area contributed by atoms with E-state index in [1.807, 2.05) is 6.07 Å². The fourth-order valence-electron chi connectivity index (χ4n) is 1.15. The summed E-state index contributed by atoms with van der Waals surface area (Å²) in [4.78, 5) is 0. The largest absolute Gasteiger partial charge is 0.454 e. The molecular weight excluding hydrogens is 188 g/mol. The normalized spacial score (nSPS) is 12.4. The molecule has 0 saturated heterocycles. The molecule has 0 spiro atoms. The van der Waals surface area contributed by atoms with Crippen molar-refractivity contribution in [2.45, 2.75) is 0 Å². The zero-order chi connectivity index (χ0) is 9.26. The van der Waals surface area contributed by atoms with Crippen LogP contribution in [0.15, 0.2) is 24.4 Å². The molecule has 0 unspecified atom stereocenters. The highest BCUT2D eigenvalue weighted by Crippen LogP contribution is 2.36. The molecular formula is C10H7ClO2. The molecule has 0 aliphatic carbocycles. The summed E-state index contributed by atoms with van der Waals surface area (Å²) < 4.78 is 10.3. The Bertz CT molecular complexity index is 392. The van der Waals surface area contributed by atoms with Crippen LogP contribution in [0.25, 0.3) is 6.08 Å². The van der Waals surface area contributed by atoms with Crippen LogP contribution in [0.5, 0.6) is 11.5 Å². The van der Waals surface area contributed by atoms with E-state index in [0.717, 1.165) is 5.56 Å². The van der Waals surface area contributed by atoms with Crippen LogP contribution >= 0.6 is 11.6 Å². The minimum atomic E-state index is 0.257. The smallest absolute Gasteiger partial charge is 0.231 e. The van der Waals surface area contributed by atoms with Crippen molar-refractivity contribution in [1.82, 2.24) is 0 Å². The fourth-order valence-corrected chi connectivity index (χ4v) is 1.36. The van der Waals surface area contributed by atoms with Crippen molar-refractivity contribution in [3.05, 3.63) is 35.0 Å². The second-order valence-corrected chi connectivity index (χ2v) is 2.98. The zero-order valence-electron chi connectivity index (χ0n) is 6.84. The van der Waals surface area contributed by atoms with E-state index in [1.54, 1.807) is 12.1 Å². The number of benzene rings is 1. The topological polar surface area (TPSA) is 18.5 Å². The third-order valence-corrected chi connectivity index (χ3v) is 2.08. The molecule has 1 heterocycles. The van der Waals surface area contributed by atoms with Gasteiger partial charge in [-0.15, -0.1) is 5.73 Å². The second kappa shape index (κ2) is 3.17. The minimum Gasteiger partial charge on any atom is -0.454 e. The van der Waals surface area contributed by atoms with E-state index in [0.29, 0.717) is 16.5 Å². The Morgan fingerprint density at radius 1 is 1.38 bits per heavy atom. The molecule has 0 N–H and O–H groups in total. The van der Waals surface area contributed by atoms with Gasteiger partial charge in [0, 0.05) is 11.6 Å². The lowest BCUT2D eigenvalue weighted by atomic mass is 10.2. The molecule has 13 heavy (non-hydrogen) atoms. The standard InChI is InChI=1S/C10H7ClO2/c1-2-3-7-4-9-10(5-8(7)11)13-6-12-9/h3-5H,1,6H2. The van der Waals surface area contributed by atoms with Crippen LogP contribution in [0.3, 0.4) is 0 Å². The van der Waals surface area contributed by atoms with Gasteiger partial charge < -0.3 is 9.47 Å². The molecule has 2 nitrogen and oxygen atoms in total. The summed E-state index contributed by atoms with van der Waals surface area (Å²) in [6.45, 7) is 3.74. The summed E-state index contributed by atoms with van der Waals surface area (Å²) in [5, 5.41) is 0.611. The predicted octanol–water partition coefficient (Wildman–Crippen LogP) is 2.87. The van der Waals surface area contributed by atoms with Crippen molar-refractivity contribution in [3.8, 4) is 11.5 Å². The molecule has 0 radical (unpaired) electrons. The molecule has 0 saturated carbocycles. The summed E-state index contributed by atoms with van der Waals surface area (Å²) in [7, 11) is 0. The van der Waals surface area contributed by atoms with Crippen LogP contribution in [-0.4, -0.2) is 6.79 Å². The van der Waals surface area contributed by atoms with Gasteiger partial charge in [-0.1, -0.05) is 18.2 Å². The van der Waals surface area contributed by atoms with Crippen molar-refractivity contribution < 1.29 is 9.47 Å². The maximum Gasteiger partial charge on any atom is 0.231 e. The fraction of sp³-hybridized carbons (Fsp3) is 0.100. The molecule has 3 heteroatoms. The average molecular weight is 195 g/mol. The zero-order valence-corrected chi connectivity index (χ0v) is 7.60. The highest BCUT2D eigenvalue weighted by atomic mass is 35.5. The molecule has 1 aliphatic rings. The number of ether oxygens (including phenoxy) is 2. The number of hydrogen-bond donors (Lipinski definition) is 0. The first-order valence-electron chi connectivity index (χ1n) is 3.76. The van der Waals surface area contributed by atoms with Gasteiger partial charge in [0.25, 0.3) is 0 Å². The predicted molar refractivity (Wildman–Crippen MR) is 51.2 cm³/mol. The van der Waals surface area contributed by atoms with Crippen LogP contribution in [0.1, 0.15) is 5.56 Å². The van der Waals surface area contributed by atoms with Crippen molar-refractivity contribution in [2.24, 2.45) is 0 Å². The molecule has 66 valence electrons. The van der Waals surface area contributed by atoms with E-state index < -0.39 is 0 Å². The van der Waals surface area contributed by atoms with E-state index in [2.05, 4.69) is 12.3 Å². The summed E-state index contributed by atoms with van der Waals surface area (Å²) in [6, 6.07) is 3.54. The lowest BCUT2D eigenvalue weighted by molar-refractivity contribution is 0.174. The van der Waals surface area contributed by atoms with E-state index in [4.69, 9.17) is 21.1 Å². The quantitative estimate of drug-likeness (QED) is 0.640. The first kappa shape index (κ1) is 8.24. The number of rotatable bonds is 1. The number of fused-ring (bicyclic) bond motifs is 1. The van der Waals surface area contributed by atoms with E-state index in [-0.39, 0.29) is 6.79 Å². The van der Waals surface area contributed by atoms with Gasteiger partial charge in [-0.3, -0.25) is 0 Å². The van der Waals surface area contributed by atoms with Gasteiger partial charge in [-0.2, -0.15) is 0 Å². The second-order valence-electron chi connectivity index (χ2n) is 2.58. The molecule has 0 amide bonds. The molecule has 1 aliphatic heterocycles. The Balaban J connectivity index is 2.55. The first-order valence-corrected chi connectivity index (χ1v) is 4.14. The average Bonchev–Trinajstić information content (AvgIpc) is 2.52. The van der Waals surface area contributed by atoms with E-state index in [1.165, 1.54) is 0 Å². The Morgan fingerprint density at radius 3 is 2.77 bits per heavy atom. The molecule has 1 aromatic rings. The van der Waals surface area contributed by atoms with Crippen molar-refractivity contribution >= 4 is 17.7 Å². The summed E-state index contributed by atoms with van der Waals surface area (Å²) >= 11 is 5.95. The molecule has 0 atom stereocenters. The molecule has 0 aromatic heterocycles.